The second kappa shape index (κ2) is 8.90. The van der Waals surface area contributed by atoms with Gasteiger partial charge in [0.05, 0.1) is 17.9 Å². The molecule has 0 radical (unpaired) electrons. The van der Waals surface area contributed by atoms with Crippen LogP contribution in [0.4, 0.5) is 5.69 Å². The Balaban J connectivity index is 1.79. The molecule has 2 N–H and O–H groups in total. The maximum absolute atomic E-state index is 11.9. The number of carbonyl (C=O) groups excluding carboxylic acids is 2. The summed E-state index contributed by atoms with van der Waals surface area (Å²) < 4.78 is 0.774. The van der Waals surface area contributed by atoms with Crippen molar-refractivity contribution in [3.63, 3.8) is 0 Å². The smallest absolute Gasteiger partial charge is 0.234 e. The van der Waals surface area contributed by atoms with E-state index < -0.39 is 0 Å². The largest absolute Gasteiger partial charge is 0.356 e. The Morgan fingerprint density at radius 3 is 2.70 bits per heavy atom. The van der Waals surface area contributed by atoms with Gasteiger partial charge in [0.15, 0.2) is 4.34 Å². The molecule has 122 valence electrons. The van der Waals surface area contributed by atoms with Gasteiger partial charge in [0.25, 0.3) is 0 Å². The number of carbonyl (C=O) groups is 2. The van der Waals surface area contributed by atoms with Gasteiger partial charge in [0.1, 0.15) is 0 Å². The lowest BCUT2D eigenvalue weighted by Gasteiger charge is -2.04. The molecule has 0 aliphatic rings. The van der Waals surface area contributed by atoms with Crippen LogP contribution in [0.15, 0.2) is 34.0 Å². The first kappa shape index (κ1) is 17.8. The fourth-order valence-electron chi connectivity index (χ4n) is 1.72. The molecular weight excluding hydrogens is 354 g/mol. The fraction of sp³-hybridized carbons (Fsp3) is 0.267. The Kier molecular flexibility index (Phi) is 6.88. The molecule has 0 spiro atoms. The number of hydrogen-bond acceptors (Lipinski definition) is 5. The molecule has 0 fully saturated rings. The number of likely N-dealkylation sites (N-methyl/N-ethyl adjacent to an activating group) is 1. The zero-order chi connectivity index (χ0) is 16.7. The molecule has 0 saturated carbocycles. The number of benzene rings is 1. The van der Waals surface area contributed by atoms with Gasteiger partial charge in [-0.3, -0.25) is 9.59 Å². The third-order valence-corrected chi connectivity index (χ3v) is 5.02. The van der Waals surface area contributed by atoms with Crippen LogP contribution < -0.4 is 10.6 Å². The minimum atomic E-state index is -0.113. The Labute approximate surface area is 147 Å². The number of aromatic nitrogens is 1. The normalized spacial score (nSPS) is 10.3. The van der Waals surface area contributed by atoms with Gasteiger partial charge in [-0.05, 0) is 31.2 Å². The van der Waals surface area contributed by atoms with Gasteiger partial charge in [-0.1, -0.05) is 23.4 Å². The molecule has 2 aromatic rings. The van der Waals surface area contributed by atoms with Crippen LogP contribution in [0.25, 0.3) is 0 Å². The first-order chi connectivity index (χ1) is 11.1. The van der Waals surface area contributed by atoms with Crippen molar-refractivity contribution in [1.29, 1.82) is 0 Å². The Morgan fingerprint density at radius 1 is 1.26 bits per heavy atom. The lowest BCUT2D eigenvalue weighted by molar-refractivity contribution is -0.120. The molecular formula is C15H16ClN3O2S2. The molecule has 2 amide bonds. The Bertz CT molecular complexity index is 674. The minimum absolute atomic E-state index is 0.0465. The third kappa shape index (κ3) is 6.21. The molecule has 1 heterocycles. The van der Waals surface area contributed by atoms with Gasteiger partial charge in [0, 0.05) is 22.6 Å². The van der Waals surface area contributed by atoms with Crippen LogP contribution in [0.2, 0.25) is 5.02 Å². The lowest BCUT2D eigenvalue weighted by atomic mass is 10.3. The highest BCUT2D eigenvalue weighted by Gasteiger charge is 2.09. The monoisotopic (exact) mass is 369 g/mol. The van der Waals surface area contributed by atoms with E-state index >= 15 is 0 Å². The van der Waals surface area contributed by atoms with Gasteiger partial charge in [-0.15, -0.1) is 11.3 Å². The standard InChI is InChI=1S/C15H16ClN3O2S2/c1-2-17-13(20)7-12-8-22-15(19-12)23-9-14(21)18-11-5-3-10(16)4-6-11/h3-6,8H,2,7,9H2,1H3,(H,17,20)(H,18,21). The quantitative estimate of drug-likeness (QED) is 0.735. The van der Waals surface area contributed by atoms with E-state index in [0.717, 1.165) is 10.0 Å². The maximum atomic E-state index is 11.9. The predicted molar refractivity (Wildman–Crippen MR) is 95.3 cm³/mol. The second-order valence-electron chi connectivity index (χ2n) is 4.58. The van der Waals surface area contributed by atoms with Gasteiger partial charge in [-0.2, -0.15) is 0 Å². The first-order valence-corrected chi connectivity index (χ1v) is 9.20. The molecule has 2 rings (SSSR count). The average molecular weight is 370 g/mol. The number of nitrogens with one attached hydrogen (secondary N) is 2. The summed E-state index contributed by atoms with van der Waals surface area (Å²) in [6, 6.07) is 6.94. The summed E-state index contributed by atoms with van der Waals surface area (Å²) in [5.41, 5.74) is 1.43. The maximum Gasteiger partial charge on any atom is 0.234 e. The van der Waals surface area contributed by atoms with Crippen molar-refractivity contribution in [2.24, 2.45) is 0 Å². The minimum Gasteiger partial charge on any atom is -0.356 e. The van der Waals surface area contributed by atoms with E-state index in [1.165, 1.54) is 23.1 Å². The van der Waals surface area contributed by atoms with Crippen LogP contribution in [-0.4, -0.2) is 29.1 Å². The summed E-state index contributed by atoms with van der Waals surface area (Å²) in [6.07, 6.45) is 0.266. The molecule has 0 atom stereocenters. The molecule has 0 unspecified atom stereocenters. The van der Waals surface area contributed by atoms with E-state index in [-0.39, 0.29) is 24.0 Å². The average Bonchev–Trinajstić information content (AvgIpc) is 2.95. The first-order valence-electron chi connectivity index (χ1n) is 6.96. The molecule has 5 nitrogen and oxygen atoms in total. The summed E-state index contributed by atoms with van der Waals surface area (Å²) >= 11 is 8.58. The summed E-state index contributed by atoms with van der Waals surface area (Å²) in [4.78, 5) is 27.7. The van der Waals surface area contributed by atoms with Crippen LogP contribution in [0.3, 0.4) is 0 Å². The summed E-state index contributed by atoms with van der Waals surface area (Å²) in [7, 11) is 0. The number of anilines is 1. The topological polar surface area (TPSA) is 71.1 Å². The molecule has 0 aliphatic carbocycles. The molecule has 0 bridgehead atoms. The van der Waals surface area contributed by atoms with Crippen molar-refractivity contribution >= 4 is 52.2 Å². The number of nitrogens with zero attached hydrogens (tertiary/aromatic N) is 1. The number of thiazole rings is 1. The number of amides is 2. The van der Waals surface area contributed by atoms with Crippen molar-refractivity contribution in [3.05, 3.63) is 40.4 Å². The highest BCUT2D eigenvalue weighted by Crippen LogP contribution is 2.23. The van der Waals surface area contributed by atoms with Gasteiger partial charge in [0.2, 0.25) is 11.8 Å². The van der Waals surface area contributed by atoms with Crippen LogP contribution in [0, 0.1) is 0 Å². The summed E-state index contributed by atoms with van der Waals surface area (Å²) in [5, 5.41) is 7.99. The molecule has 0 aliphatic heterocycles. The van der Waals surface area contributed by atoms with Crippen molar-refractivity contribution in [2.45, 2.75) is 17.7 Å². The SMILES string of the molecule is CCNC(=O)Cc1csc(SCC(=O)Nc2ccc(Cl)cc2)n1. The van der Waals surface area contributed by atoms with E-state index in [2.05, 4.69) is 15.6 Å². The fourth-order valence-corrected chi connectivity index (χ4v) is 3.49. The van der Waals surface area contributed by atoms with E-state index in [1.54, 1.807) is 24.3 Å². The zero-order valence-electron chi connectivity index (χ0n) is 12.5. The van der Waals surface area contributed by atoms with Gasteiger partial charge in [-0.25, -0.2) is 4.98 Å². The van der Waals surface area contributed by atoms with Crippen molar-refractivity contribution in [2.75, 3.05) is 17.6 Å². The van der Waals surface area contributed by atoms with Crippen molar-refractivity contribution in [3.8, 4) is 0 Å². The highest BCUT2D eigenvalue weighted by molar-refractivity contribution is 8.01. The van der Waals surface area contributed by atoms with E-state index in [0.29, 0.717) is 17.3 Å². The highest BCUT2D eigenvalue weighted by atomic mass is 35.5. The Hall–Kier alpha value is -1.57. The third-order valence-electron chi connectivity index (χ3n) is 2.70. The zero-order valence-corrected chi connectivity index (χ0v) is 14.9. The molecule has 1 aromatic heterocycles. The molecule has 23 heavy (non-hydrogen) atoms. The Morgan fingerprint density at radius 2 is 2.00 bits per heavy atom. The van der Waals surface area contributed by atoms with Crippen LogP contribution in [-0.2, 0) is 16.0 Å². The number of halogens is 1. The van der Waals surface area contributed by atoms with E-state index in [9.17, 15) is 9.59 Å². The summed E-state index contributed by atoms with van der Waals surface area (Å²) in [5.74, 6) is 0.101. The van der Waals surface area contributed by atoms with Gasteiger partial charge < -0.3 is 10.6 Å². The number of thioether (sulfide) groups is 1. The molecule has 0 saturated heterocycles. The number of rotatable bonds is 7. The molecule has 1 aromatic carbocycles. The van der Waals surface area contributed by atoms with E-state index in [1.807, 2.05) is 12.3 Å². The van der Waals surface area contributed by atoms with Crippen LogP contribution in [0.5, 0.6) is 0 Å². The van der Waals surface area contributed by atoms with Crippen LogP contribution >= 0.6 is 34.7 Å². The number of hydrogen-bond donors (Lipinski definition) is 2. The summed E-state index contributed by atoms with van der Waals surface area (Å²) in [6.45, 7) is 2.48. The van der Waals surface area contributed by atoms with Crippen LogP contribution in [0.1, 0.15) is 12.6 Å². The van der Waals surface area contributed by atoms with Gasteiger partial charge >= 0.3 is 0 Å². The lowest BCUT2D eigenvalue weighted by Crippen LogP contribution is -2.24. The predicted octanol–water partition coefficient (Wildman–Crippen LogP) is 3.21. The van der Waals surface area contributed by atoms with E-state index in [4.69, 9.17) is 11.6 Å². The van der Waals surface area contributed by atoms with Crippen molar-refractivity contribution < 1.29 is 9.59 Å². The van der Waals surface area contributed by atoms with Crippen molar-refractivity contribution in [1.82, 2.24) is 10.3 Å². The molecule has 8 heteroatoms. The second-order valence-corrected chi connectivity index (χ2v) is 7.10.